The fourth-order valence-corrected chi connectivity index (χ4v) is 1.92. The highest BCUT2D eigenvalue weighted by atomic mass is 16.5. The lowest BCUT2D eigenvalue weighted by molar-refractivity contribution is 0.0601. The molecule has 0 fully saturated rings. The number of benzene rings is 2. The fourth-order valence-electron chi connectivity index (χ4n) is 1.92. The van der Waals surface area contributed by atoms with Gasteiger partial charge in [-0.05, 0) is 17.7 Å². The highest BCUT2D eigenvalue weighted by molar-refractivity contribution is 5.95. The third kappa shape index (κ3) is 3.36. The number of methoxy groups -OCH3 is 1. The second-order valence-corrected chi connectivity index (χ2v) is 4.34. The van der Waals surface area contributed by atoms with Crippen molar-refractivity contribution >= 4 is 11.7 Å². The molecule has 0 bridgehead atoms. The van der Waals surface area contributed by atoms with E-state index in [1.54, 1.807) is 18.2 Å². The Balaban J connectivity index is 2.06. The molecule has 2 rings (SSSR count). The molecular weight excluding hydrogens is 254 g/mol. The van der Waals surface area contributed by atoms with E-state index in [0.717, 1.165) is 5.56 Å². The Hall–Kier alpha value is -2.33. The van der Waals surface area contributed by atoms with Gasteiger partial charge in [0.2, 0.25) is 0 Å². The van der Waals surface area contributed by atoms with Crippen molar-refractivity contribution in [1.82, 2.24) is 0 Å². The average molecular weight is 271 g/mol. The highest BCUT2D eigenvalue weighted by Crippen LogP contribution is 2.18. The summed E-state index contributed by atoms with van der Waals surface area (Å²) in [6.45, 7) is 0.317. The van der Waals surface area contributed by atoms with Crippen LogP contribution in [0.15, 0.2) is 54.6 Å². The Labute approximate surface area is 118 Å². The molecule has 4 nitrogen and oxygen atoms in total. The Morgan fingerprint density at radius 2 is 1.80 bits per heavy atom. The summed E-state index contributed by atoms with van der Waals surface area (Å²) in [5.74, 6) is -0.401. The standard InChI is InChI=1S/C16H17NO3/c1-20-16(19)13-9-5-6-10-14(13)17-11-15(18)12-7-3-2-4-8-12/h2-10,15,17-18H,11H2,1H3. The van der Waals surface area contributed by atoms with Crippen LogP contribution in [-0.2, 0) is 4.74 Å². The van der Waals surface area contributed by atoms with Gasteiger partial charge in [-0.25, -0.2) is 4.79 Å². The van der Waals surface area contributed by atoms with Crippen molar-refractivity contribution in [3.05, 3.63) is 65.7 Å². The van der Waals surface area contributed by atoms with Gasteiger partial charge in [0.1, 0.15) is 0 Å². The van der Waals surface area contributed by atoms with E-state index in [1.807, 2.05) is 36.4 Å². The minimum absolute atomic E-state index is 0.317. The number of carbonyl (C=O) groups is 1. The highest BCUT2D eigenvalue weighted by Gasteiger charge is 2.12. The van der Waals surface area contributed by atoms with Crippen LogP contribution >= 0.6 is 0 Å². The zero-order valence-electron chi connectivity index (χ0n) is 11.2. The molecule has 1 unspecified atom stereocenters. The number of anilines is 1. The van der Waals surface area contributed by atoms with Gasteiger partial charge in [-0.15, -0.1) is 0 Å². The molecule has 0 amide bonds. The summed E-state index contributed by atoms with van der Waals surface area (Å²) in [4.78, 5) is 11.6. The van der Waals surface area contributed by atoms with Crippen LogP contribution in [0.3, 0.4) is 0 Å². The molecule has 0 aromatic heterocycles. The average Bonchev–Trinajstić information content (AvgIpc) is 2.53. The summed E-state index contributed by atoms with van der Waals surface area (Å²) in [5, 5.41) is 13.2. The number of esters is 1. The van der Waals surface area contributed by atoms with E-state index in [-0.39, 0.29) is 0 Å². The van der Waals surface area contributed by atoms with Crippen LogP contribution in [0.5, 0.6) is 0 Å². The molecule has 0 aliphatic heterocycles. The SMILES string of the molecule is COC(=O)c1ccccc1NCC(O)c1ccccc1. The monoisotopic (exact) mass is 271 g/mol. The maximum atomic E-state index is 11.6. The second-order valence-electron chi connectivity index (χ2n) is 4.34. The predicted molar refractivity (Wildman–Crippen MR) is 77.7 cm³/mol. The molecule has 2 aromatic carbocycles. The summed E-state index contributed by atoms with van der Waals surface area (Å²) in [7, 11) is 1.35. The smallest absolute Gasteiger partial charge is 0.339 e. The molecular formula is C16H17NO3. The van der Waals surface area contributed by atoms with Crippen molar-refractivity contribution in [2.75, 3.05) is 19.0 Å². The summed E-state index contributed by atoms with van der Waals surface area (Å²) < 4.78 is 4.73. The molecule has 20 heavy (non-hydrogen) atoms. The van der Waals surface area contributed by atoms with E-state index < -0.39 is 12.1 Å². The third-order valence-electron chi connectivity index (χ3n) is 3.00. The Bertz CT molecular complexity index is 569. The van der Waals surface area contributed by atoms with Crippen molar-refractivity contribution in [3.8, 4) is 0 Å². The van der Waals surface area contributed by atoms with Crippen LogP contribution < -0.4 is 5.32 Å². The van der Waals surface area contributed by atoms with Gasteiger partial charge < -0.3 is 15.2 Å². The van der Waals surface area contributed by atoms with E-state index >= 15 is 0 Å². The summed E-state index contributed by atoms with van der Waals surface area (Å²) in [6.07, 6.45) is -0.637. The van der Waals surface area contributed by atoms with E-state index in [1.165, 1.54) is 7.11 Å². The number of aliphatic hydroxyl groups excluding tert-OH is 1. The predicted octanol–water partition coefficient (Wildman–Crippen LogP) is 2.62. The fraction of sp³-hybridized carbons (Fsp3) is 0.188. The first-order valence-electron chi connectivity index (χ1n) is 6.36. The van der Waals surface area contributed by atoms with Gasteiger partial charge in [-0.1, -0.05) is 42.5 Å². The Morgan fingerprint density at radius 1 is 1.15 bits per heavy atom. The maximum Gasteiger partial charge on any atom is 0.339 e. The maximum absolute atomic E-state index is 11.6. The van der Waals surface area contributed by atoms with Crippen molar-refractivity contribution in [3.63, 3.8) is 0 Å². The minimum Gasteiger partial charge on any atom is -0.465 e. The topological polar surface area (TPSA) is 58.6 Å². The lowest BCUT2D eigenvalue weighted by Crippen LogP contribution is -2.14. The number of hydrogen-bond acceptors (Lipinski definition) is 4. The van der Waals surface area contributed by atoms with E-state index in [2.05, 4.69) is 5.32 Å². The summed E-state index contributed by atoms with van der Waals surface area (Å²) in [5.41, 5.74) is 1.93. The lowest BCUT2D eigenvalue weighted by Gasteiger charge is -2.15. The van der Waals surface area contributed by atoms with Crippen molar-refractivity contribution in [2.45, 2.75) is 6.10 Å². The van der Waals surface area contributed by atoms with E-state index in [4.69, 9.17) is 4.74 Å². The Kier molecular flexibility index (Phi) is 4.74. The first-order valence-corrected chi connectivity index (χ1v) is 6.36. The minimum atomic E-state index is -0.637. The van der Waals surface area contributed by atoms with Gasteiger partial charge in [0.05, 0.1) is 18.8 Å². The second kappa shape index (κ2) is 6.73. The molecule has 2 aromatic rings. The lowest BCUT2D eigenvalue weighted by atomic mass is 10.1. The molecule has 2 N–H and O–H groups in total. The van der Waals surface area contributed by atoms with Crippen molar-refractivity contribution in [2.24, 2.45) is 0 Å². The van der Waals surface area contributed by atoms with Crippen molar-refractivity contribution in [1.29, 1.82) is 0 Å². The normalized spacial score (nSPS) is 11.7. The van der Waals surface area contributed by atoms with Crippen LogP contribution in [0, 0.1) is 0 Å². The molecule has 0 radical (unpaired) electrons. The number of rotatable bonds is 5. The van der Waals surface area contributed by atoms with E-state index in [9.17, 15) is 9.90 Å². The molecule has 0 aliphatic carbocycles. The summed E-state index contributed by atoms with van der Waals surface area (Å²) in [6, 6.07) is 16.4. The molecule has 1 atom stereocenters. The summed E-state index contributed by atoms with van der Waals surface area (Å²) >= 11 is 0. The van der Waals surface area contributed by atoms with Crippen LogP contribution in [0.1, 0.15) is 22.0 Å². The molecule has 0 spiro atoms. The van der Waals surface area contributed by atoms with Gasteiger partial charge in [0, 0.05) is 12.2 Å². The van der Waals surface area contributed by atoms with E-state index in [0.29, 0.717) is 17.8 Å². The quantitative estimate of drug-likeness (QED) is 0.821. The number of nitrogens with one attached hydrogen (secondary N) is 1. The van der Waals surface area contributed by atoms with Crippen LogP contribution in [0.2, 0.25) is 0 Å². The number of aliphatic hydroxyl groups is 1. The van der Waals surface area contributed by atoms with Gasteiger partial charge >= 0.3 is 5.97 Å². The first kappa shape index (κ1) is 14.1. The van der Waals surface area contributed by atoms with Crippen LogP contribution in [0.25, 0.3) is 0 Å². The Morgan fingerprint density at radius 3 is 2.50 bits per heavy atom. The van der Waals surface area contributed by atoms with Crippen molar-refractivity contribution < 1.29 is 14.6 Å². The largest absolute Gasteiger partial charge is 0.465 e. The zero-order chi connectivity index (χ0) is 14.4. The number of ether oxygens (including phenoxy) is 1. The number of para-hydroxylation sites is 1. The van der Waals surface area contributed by atoms with Gasteiger partial charge in [-0.3, -0.25) is 0 Å². The first-order chi connectivity index (χ1) is 9.72. The molecule has 4 heteroatoms. The van der Waals surface area contributed by atoms with Gasteiger partial charge in [0.15, 0.2) is 0 Å². The number of hydrogen-bond donors (Lipinski definition) is 2. The number of carbonyl (C=O) groups excluding carboxylic acids is 1. The third-order valence-corrected chi connectivity index (χ3v) is 3.00. The molecule has 0 aliphatic rings. The molecule has 0 saturated carbocycles. The van der Waals surface area contributed by atoms with Gasteiger partial charge in [-0.2, -0.15) is 0 Å². The van der Waals surface area contributed by atoms with Crippen LogP contribution in [-0.4, -0.2) is 24.7 Å². The van der Waals surface area contributed by atoms with Gasteiger partial charge in [0.25, 0.3) is 0 Å². The molecule has 0 heterocycles. The molecule has 104 valence electrons. The zero-order valence-corrected chi connectivity index (χ0v) is 11.2. The van der Waals surface area contributed by atoms with Crippen LogP contribution in [0.4, 0.5) is 5.69 Å². The molecule has 0 saturated heterocycles.